The molecular formula is C36H38F9N3O4. The first-order valence-corrected chi connectivity index (χ1v) is 16.7. The molecule has 52 heavy (non-hydrogen) atoms. The average Bonchev–Trinajstić information content (AvgIpc) is 3.06. The van der Waals surface area contributed by atoms with Gasteiger partial charge in [0.1, 0.15) is 17.2 Å². The molecule has 1 amide bonds. The molecule has 0 aromatic heterocycles. The number of carboxylic acids is 1. The molecule has 2 aliphatic rings. The average molecular weight is 748 g/mol. The van der Waals surface area contributed by atoms with Gasteiger partial charge in [-0.05, 0) is 91.5 Å². The van der Waals surface area contributed by atoms with E-state index in [2.05, 4.69) is 4.90 Å². The number of carboxylic acid groups (broad SMARTS) is 1. The number of hydrogen-bond acceptors (Lipinski definition) is 5. The highest BCUT2D eigenvalue weighted by Crippen LogP contribution is 2.48. The van der Waals surface area contributed by atoms with Gasteiger partial charge in [-0.3, -0.25) is 14.6 Å². The highest BCUT2D eigenvalue weighted by molar-refractivity contribution is 6.00. The molecule has 0 unspecified atom stereocenters. The fraction of sp³-hybridized carbons (Fsp3) is 0.500. The molecule has 2 heterocycles. The van der Waals surface area contributed by atoms with Crippen LogP contribution in [0.15, 0.2) is 48.5 Å². The Morgan fingerprint density at radius 2 is 1.48 bits per heavy atom. The first-order chi connectivity index (χ1) is 24.3. The summed E-state index contributed by atoms with van der Waals surface area (Å²) in [4.78, 5) is 28.5. The van der Waals surface area contributed by atoms with E-state index in [1.165, 1.54) is 12.1 Å². The molecule has 7 nitrogen and oxygen atoms in total. The standard InChI is InChI=1S/C36H38F9N3O4/c1-52-30-27(17-22(18-28(30)35(40,41)42)20-47-13-3-2-4-14-47)26-10-6-8-24-23(7-5-9-25(24)26)19-29(31(49)50)46-32(51)33(36(43,44)45)11-15-48(16-12-33)21-34(37,38)39/h5-10,17-18,29H,2-4,11-16,19-21H2,1H3,(H,46,51)(H,49,50)/t29-/m0/s1. The van der Waals surface area contributed by atoms with Crippen LogP contribution in [-0.2, 0) is 28.7 Å². The van der Waals surface area contributed by atoms with E-state index in [1.807, 2.05) is 5.32 Å². The van der Waals surface area contributed by atoms with Crippen LogP contribution in [0.25, 0.3) is 21.9 Å². The number of carbonyl (C=O) groups is 2. The van der Waals surface area contributed by atoms with Gasteiger partial charge in [0.15, 0.2) is 0 Å². The number of aliphatic carboxylic acids is 1. The first-order valence-electron chi connectivity index (χ1n) is 16.7. The number of halogens is 9. The van der Waals surface area contributed by atoms with Crippen molar-refractivity contribution in [2.45, 2.75) is 69.6 Å². The summed E-state index contributed by atoms with van der Waals surface area (Å²) in [5, 5.41) is 12.8. The number of hydrogen-bond donors (Lipinski definition) is 2. The molecule has 0 aliphatic carbocycles. The SMILES string of the molecule is COc1c(-c2cccc3c(C[C@H](NC(=O)C4(C(F)(F)F)CCN(CC(F)(F)F)CC4)C(=O)O)cccc23)cc(CN2CCCCC2)cc1C(F)(F)F. The zero-order valence-corrected chi connectivity index (χ0v) is 28.1. The van der Waals surface area contributed by atoms with Gasteiger partial charge in [0, 0.05) is 18.5 Å². The van der Waals surface area contributed by atoms with Gasteiger partial charge >= 0.3 is 24.5 Å². The molecule has 2 N–H and O–H groups in total. The van der Waals surface area contributed by atoms with E-state index < -0.39 is 92.1 Å². The minimum atomic E-state index is -5.18. The Kier molecular flexibility index (Phi) is 11.4. The number of nitrogens with zero attached hydrogens (tertiary/aromatic N) is 2. The highest BCUT2D eigenvalue weighted by Gasteiger charge is 2.61. The maximum atomic E-state index is 14.4. The van der Waals surface area contributed by atoms with Crippen molar-refractivity contribution in [3.05, 3.63) is 65.2 Å². The van der Waals surface area contributed by atoms with Gasteiger partial charge in [-0.15, -0.1) is 0 Å². The molecule has 2 aliphatic heterocycles. The molecule has 3 aromatic rings. The number of piperidine rings is 2. The number of rotatable bonds is 10. The summed E-state index contributed by atoms with van der Waals surface area (Å²) in [7, 11) is 1.13. The number of carbonyl (C=O) groups excluding carboxylic acids is 1. The molecular weight excluding hydrogens is 709 g/mol. The number of methoxy groups -OCH3 is 1. The third-order valence-corrected chi connectivity index (χ3v) is 9.93. The molecule has 0 saturated carbocycles. The van der Waals surface area contributed by atoms with Gasteiger partial charge in [-0.2, -0.15) is 39.5 Å². The number of likely N-dealkylation sites (tertiary alicyclic amines) is 2. The number of nitrogens with one attached hydrogen (secondary N) is 1. The predicted octanol–water partition coefficient (Wildman–Crippen LogP) is 7.84. The highest BCUT2D eigenvalue weighted by atomic mass is 19.4. The lowest BCUT2D eigenvalue weighted by Gasteiger charge is -2.42. The Hall–Kier alpha value is -4.05. The van der Waals surface area contributed by atoms with E-state index >= 15 is 0 Å². The predicted molar refractivity (Wildman–Crippen MR) is 174 cm³/mol. The van der Waals surface area contributed by atoms with Gasteiger partial charge in [-0.25, -0.2) is 4.79 Å². The summed E-state index contributed by atoms with van der Waals surface area (Å²) in [6.07, 6.45) is -14.2. The third kappa shape index (κ3) is 8.59. The number of alkyl halides is 9. The number of fused-ring (bicyclic) bond motifs is 1. The second-order valence-electron chi connectivity index (χ2n) is 13.4. The molecule has 16 heteroatoms. The Bertz CT molecular complexity index is 1760. The topological polar surface area (TPSA) is 82.1 Å². The van der Waals surface area contributed by atoms with Crippen LogP contribution in [0.3, 0.4) is 0 Å². The van der Waals surface area contributed by atoms with E-state index in [0.29, 0.717) is 21.9 Å². The van der Waals surface area contributed by atoms with Gasteiger partial charge in [0.05, 0.1) is 19.2 Å². The number of ether oxygens (including phenoxy) is 1. The number of benzene rings is 3. The first kappa shape index (κ1) is 39.2. The molecule has 284 valence electrons. The maximum absolute atomic E-state index is 14.4. The van der Waals surface area contributed by atoms with Crippen LogP contribution < -0.4 is 10.1 Å². The molecule has 3 aromatic carbocycles. The normalized spacial score (nSPS) is 18.3. The number of amides is 1. The van der Waals surface area contributed by atoms with E-state index in [-0.39, 0.29) is 17.7 Å². The van der Waals surface area contributed by atoms with Crippen molar-refractivity contribution >= 4 is 22.6 Å². The van der Waals surface area contributed by atoms with Crippen LogP contribution in [0.1, 0.15) is 48.8 Å². The van der Waals surface area contributed by atoms with E-state index in [9.17, 15) is 54.2 Å². The van der Waals surface area contributed by atoms with Crippen molar-refractivity contribution in [3.8, 4) is 16.9 Å². The zero-order valence-electron chi connectivity index (χ0n) is 28.1. The Labute approximate surface area is 293 Å². The molecule has 1 atom stereocenters. The van der Waals surface area contributed by atoms with Gasteiger partial charge in [0.2, 0.25) is 5.91 Å². The molecule has 2 saturated heterocycles. The lowest BCUT2D eigenvalue weighted by molar-refractivity contribution is -0.236. The minimum Gasteiger partial charge on any atom is -0.495 e. The van der Waals surface area contributed by atoms with Crippen LogP contribution in [0.2, 0.25) is 0 Å². The lowest BCUT2D eigenvalue weighted by Crippen LogP contribution is -2.59. The van der Waals surface area contributed by atoms with Crippen molar-refractivity contribution in [2.24, 2.45) is 5.41 Å². The molecule has 0 radical (unpaired) electrons. The summed E-state index contributed by atoms with van der Waals surface area (Å²) >= 11 is 0. The lowest BCUT2D eigenvalue weighted by atomic mass is 9.76. The summed E-state index contributed by atoms with van der Waals surface area (Å²) in [6.45, 7) is -1.07. The van der Waals surface area contributed by atoms with Crippen LogP contribution >= 0.6 is 0 Å². The molecule has 5 rings (SSSR count). The molecule has 2 fully saturated rings. The molecule has 0 bridgehead atoms. The Morgan fingerprint density at radius 3 is 2.06 bits per heavy atom. The summed E-state index contributed by atoms with van der Waals surface area (Å²) in [6, 6.07) is 10.2. The van der Waals surface area contributed by atoms with Crippen molar-refractivity contribution in [2.75, 3.05) is 39.8 Å². The second kappa shape index (κ2) is 15.1. The quantitative estimate of drug-likeness (QED) is 0.206. The fourth-order valence-electron chi connectivity index (χ4n) is 7.28. The summed E-state index contributed by atoms with van der Waals surface area (Å²) in [5.41, 5.74) is -2.92. The smallest absolute Gasteiger partial charge is 0.419 e. The van der Waals surface area contributed by atoms with Crippen molar-refractivity contribution in [3.63, 3.8) is 0 Å². The monoisotopic (exact) mass is 747 g/mol. The van der Waals surface area contributed by atoms with Crippen molar-refractivity contribution in [1.82, 2.24) is 15.1 Å². The van der Waals surface area contributed by atoms with Crippen LogP contribution in [-0.4, -0.2) is 85.0 Å². The van der Waals surface area contributed by atoms with Gasteiger partial charge in [-0.1, -0.05) is 42.8 Å². The molecule has 0 spiro atoms. The fourth-order valence-corrected chi connectivity index (χ4v) is 7.28. The largest absolute Gasteiger partial charge is 0.495 e. The van der Waals surface area contributed by atoms with Crippen LogP contribution in [0.4, 0.5) is 39.5 Å². The summed E-state index contributed by atoms with van der Waals surface area (Å²) in [5.74, 6) is -3.73. The van der Waals surface area contributed by atoms with Crippen LogP contribution in [0, 0.1) is 5.41 Å². The van der Waals surface area contributed by atoms with E-state index in [0.717, 1.165) is 50.4 Å². The van der Waals surface area contributed by atoms with Gasteiger partial charge < -0.3 is 15.2 Å². The van der Waals surface area contributed by atoms with Crippen molar-refractivity contribution < 1.29 is 58.9 Å². The minimum absolute atomic E-state index is 0.138. The maximum Gasteiger partial charge on any atom is 0.419 e. The van der Waals surface area contributed by atoms with E-state index in [1.54, 1.807) is 30.3 Å². The van der Waals surface area contributed by atoms with E-state index in [4.69, 9.17) is 4.74 Å². The Balaban J connectivity index is 1.49. The van der Waals surface area contributed by atoms with Crippen LogP contribution in [0.5, 0.6) is 5.75 Å². The third-order valence-electron chi connectivity index (χ3n) is 9.93. The van der Waals surface area contributed by atoms with Gasteiger partial charge in [0.25, 0.3) is 0 Å². The second-order valence-corrected chi connectivity index (χ2v) is 13.4. The Morgan fingerprint density at radius 1 is 0.846 bits per heavy atom. The zero-order chi connectivity index (χ0) is 38.1. The summed E-state index contributed by atoms with van der Waals surface area (Å²) < 4.78 is 130. The van der Waals surface area contributed by atoms with Crippen molar-refractivity contribution in [1.29, 1.82) is 0 Å².